The summed E-state index contributed by atoms with van der Waals surface area (Å²) in [7, 11) is 0. The molecule has 1 aromatic rings. The fourth-order valence-electron chi connectivity index (χ4n) is 0.129. The van der Waals surface area contributed by atoms with Crippen molar-refractivity contribution in [3.63, 3.8) is 0 Å². The summed E-state index contributed by atoms with van der Waals surface area (Å²) in [5.74, 6) is 0. The number of aromatic amines is 1. The van der Waals surface area contributed by atoms with Gasteiger partial charge in [-0.05, 0) is 0 Å². The Morgan fingerprint density at radius 2 is 2.38 bits per heavy atom. The molecule has 0 aliphatic heterocycles. The average molecular weight is 117 g/mol. The predicted octanol–water partition coefficient (Wildman–Crippen LogP) is -0.658. The molecule has 0 atom stereocenters. The fraction of sp³-hybridized carbons (Fsp3) is 0. The van der Waals surface area contributed by atoms with E-state index in [1.807, 2.05) is 0 Å². The lowest BCUT2D eigenvalue weighted by Crippen LogP contribution is -1.64. The normalized spacial score (nSPS) is 6.50. The van der Waals surface area contributed by atoms with Gasteiger partial charge in [-0.25, -0.2) is 0 Å². The van der Waals surface area contributed by atoms with Gasteiger partial charge >= 0.3 is 0 Å². The first-order chi connectivity index (χ1) is 3.91. The van der Waals surface area contributed by atoms with Crippen molar-refractivity contribution in [1.29, 1.82) is 0 Å². The van der Waals surface area contributed by atoms with Gasteiger partial charge in [0.15, 0.2) is 11.7 Å². The minimum Gasteiger partial charge on any atom is -0.379 e. The van der Waals surface area contributed by atoms with E-state index in [1.165, 1.54) is 11.7 Å². The topological polar surface area (TPSA) is 104 Å². The van der Waals surface area contributed by atoms with Crippen LogP contribution in [0.4, 0.5) is 0 Å². The molecule has 0 unspecified atom stereocenters. The van der Waals surface area contributed by atoms with Gasteiger partial charge in [0.05, 0.1) is 0 Å². The highest BCUT2D eigenvalue weighted by Gasteiger charge is 1.58. The van der Waals surface area contributed by atoms with Gasteiger partial charge in [-0.15, -0.1) is 15.1 Å². The Morgan fingerprint density at radius 1 is 1.75 bits per heavy atom. The van der Waals surface area contributed by atoms with E-state index in [4.69, 9.17) is 10.1 Å². The van der Waals surface area contributed by atoms with Crippen LogP contribution in [0.3, 0.4) is 0 Å². The largest absolute Gasteiger partial charge is 0.379 e. The van der Waals surface area contributed by atoms with Crippen LogP contribution in [0.15, 0.2) is 11.7 Å². The minimum absolute atomic E-state index is 1.25. The van der Waals surface area contributed by atoms with Crippen LogP contribution < -0.4 is 0 Å². The van der Waals surface area contributed by atoms with Crippen molar-refractivity contribution in [3.8, 4) is 0 Å². The SMILES string of the molecule is O=NO.c1nn[nH]n1. The number of rotatable bonds is 0. The molecule has 8 heavy (non-hydrogen) atoms. The zero-order valence-corrected chi connectivity index (χ0v) is 3.72. The Hall–Kier alpha value is -1.53. The number of hydrogen-bond acceptors (Lipinski definition) is 5. The summed E-state index contributed by atoms with van der Waals surface area (Å²) in [6.07, 6.45) is 1.33. The lowest BCUT2D eigenvalue weighted by molar-refractivity contribution is 0.312. The summed E-state index contributed by atoms with van der Waals surface area (Å²) in [5, 5.41) is 20.1. The third-order valence-corrected chi connectivity index (χ3v) is 0.270. The maximum Gasteiger partial charge on any atom is 0.161 e. The molecule has 0 radical (unpaired) electrons. The number of nitrogens with zero attached hydrogens (tertiary/aromatic N) is 4. The van der Waals surface area contributed by atoms with E-state index >= 15 is 0 Å². The van der Waals surface area contributed by atoms with Gasteiger partial charge in [-0.1, -0.05) is 5.21 Å². The molecule has 0 fully saturated rings. The maximum atomic E-state index is 8.11. The van der Waals surface area contributed by atoms with E-state index in [2.05, 4.69) is 20.6 Å². The van der Waals surface area contributed by atoms with Crippen LogP contribution in [-0.4, -0.2) is 25.8 Å². The highest BCUT2D eigenvalue weighted by molar-refractivity contribution is 4.24. The lowest BCUT2D eigenvalue weighted by Gasteiger charge is -1.44. The summed E-state index contributed by atoms with van der Waals surface area (Å²) in [4.78, 5) is 8.11. The molecule has 2 N–H and O–H groups in total. The molecule has 44 valence electrons. The molecule has 7 nitrogen and oxygen atoms in total. The number of hydrogen-bond donors (Lipinski definition) is 2. The maximum absolute atomic E-state index is 8.11. The van der Waals surface area contributed by atoms with Gasteiger partial charge in [0, 0.05) is 0 Å². The van der Waals surface area contributed by atoms with E-state index in [0.29, 0.717) is 0 Å². The molecule has 1 heterocycles. The van der Waals surface area contributed by atoms with Crippen LogP contribution in [0, 0.1) is 4.91 Å². The average Bonchev–Trinajstić information content (AvgIpc) is 2.17. The Kier molecular flexibility index (Phi) is 4.42. The van der Waals surface area contributed by atoms with E-state index in [1.54, 1.807) is 0 Å². The number of H-pyrrole nitrogens is 1. The third kappa shape index (κ3) is 4.47. The van der Waals surface area contributed by atoms with Crippen molar-refractivity contribution < 1.29 is 5.21 Å². The molecule has 1 rings (SSSR count). The molecule has 0 amide bonds. The quantitative estimate of drug-likeness (QED) is 0.346. The Bertz CT molecular complexity index is 96.8. The fourth-order valence-corrected chi connectivity index (χ4v) is 0.129. The molecule has 0 bridgehead atoms. The van der Waals surface area contributed by atoms with Crippen molar-refractivity contribution in [1.82, 2.24) is 20.6 Å². The van der Waals surface area contributed by atoms with Crippen LogP contribution in [0.25, 0.3) is 0 Å². The molecule has 0 saturated heterocycles. The predicted molar refractivity (Wildman–Crippen MR) is 21.8 cm³/mol. The zero-order valence-electron chi connectivity index (χ0n) is 3.72. The van der Waals surface area contributed by atoms with E-state index < -0.39 is 0 Å². The summed E-state index contributed by atoms with van der Waals surface area (Å²) in [6, 6.07) is 0. The molecule has 7 heteroatoms. The second-order valence-corrected chi connectivity index (χ2v) is 0.642. The van der Waals surface area contributed by atoms with Gasteiger partial charge < -0.3 is 5.21 Å². The Balaban J connectivity index is 0.000000145. The first-order valence-corrected chi connectivity index (χ1v) is 1.55. The van der Waals surface area contributed by atoms with Crippen LogP contribution in [0.5, 0.6) is 0 Å². The molecule has 0 saturated carbocycles. The van der Waals surface area contributed by atoms with Gasteiger partial charge in [0.25, 0.3) is 0 Å². The zero-order chi connectivity index (χ0) is 6.24. The van der Waals surface area contributed by atoms with Gasteiger partial charge in [0.1, 0.15) is 0 Å². The molecule has 0 aliphatic carbocycles. The number of nitrogens with one attached hydrogen (secondary N) is 1. The Labute approximate surface area is 43.7 Å². The van der Waals surface area contributed by atoms with Crippen LogP contribution in [-0.2, 0) is 0 Å². The van der Waals surface area contributed by atoms with Crippen LogP contribution >= 0.6 is 0 Å². The van der Waals surface area contributed by atoms with Crippen LogP contribution in [0.2, 0.25) is 0 Å². The standard InChI is InChI=1S/CH2N4.HNO2/c1-2-4-5-3-1;2-1-3/h1H,(H,2,3,4,5);(H,2,3). The van der Waals surface area contributed by atoms with Crippen molar-refractivity contribution in [2.45, 2.75) is 0 Å². The molecule has 1 aromatic heterocycles. The number of aromatic nitrogens is 4. The number of tetrazole rings is 1. The molecule has 0 aromatic carbocycles. The second kappa shape index (κ2) is 5.47. The van der Waals surface area contributed by atoms with E-state index in [9.17, 15) is 0 Å². The van der Waals surface area contributed by atoms with Crippen molar-refractivity contribution in [2.24, 2.45) is 5.34 Å². The van der Waals surface area contributed by atoms with Crippen LogP contribution in [0.1, 0.15) is 0 Å². The van der Waals surface area contributed by atoms with E-state index in [0.717, 1.165) is 0 Å². The van der Waals surface area contributed by atoms with Crippen molar-refractivity contribution in [3.05, 3.63) is 11.2 Å². The first-order valence-electron chi connectivity index (χ1n) is 1.55. The molecule has 0 spiro atoms. The third-order valence-electron chi connectivity index (χ3n) is 0.270. The summed E-state index contributed by atoms with van der Waals surface area (Å²) >= 11 is 0. The van der Waals surface area contributed by atoms with E-state index in [-0.39, 0.29) is 0 Å². The van der Waals surface area contributed by atoms with Gasteiger partial charge in [0.2, 0.25) is 0 Å². The lowest BCUT2D eigenvalue weighted by atomic mass is 11.4. The summed E-state index contributed by atoms with van der Waals surface area (Å²) < 4.78 is 0. The highest BCUT2D eigenvalue weighted by atomic mass is 16.6. The monoisotopic (exact) mass is 117 g/mol. The van der Waals surface area contributed by atoms with Gasteiger partial charge in [-0.3, -0.25) is 0 Å². The summed E-state index contributed by atoms with van der Waals surface area (Å²) in [6.45, 7) is 0. The summed E-state index contributed by atoms with van der Waals surface area (Å²) in [5.41, 5.74) is 0. The van der Waals surface area contributed by atoms with Crippen molar-refractivity contribution in [2.75, 3.05) is 0 Å². The molecular formula is CH3N5O2. The second-order valence-electron chi connectivity index (χ2n) is 0.642. The smallest absolute Gasteiger partial charge is 0.161 e. The molecular weight excluding hydrogens is 114 g/mol. The van der Waals surface area contributed by atoms with Gasteiger partial charge in [-0.2, -0.15) is 5.21 Å². The highest BCUT2D eigenvalue weighted by Crippen LogP contribution is 1.43. The van der Waals surface area contributed by atoms with Crippen molar-refractivity contribution >= 4 is 0 Å². The Morgan fingerprint density at radius 3 is 2.50 bits per heavy atom. The first kappa shape index (κ1) is 6.47. The molecule has 0 aliphatic rings. The minimum atomic E-state index is 1.25.